The van der Waals surface area contributed by atoms with Gasteiger partial charge in [0.15, 0.2) is 0 Å². The van der Waals surface area contributed by atoms with Gasteiger partial charge >= 0.3 is 0 Å². The summed E-state index contributed by atoms with van der Waals surface area (Å²) in [5.74, 6) is -0.135. The van der Waals surface area contributed by atoms with Crippen LogP contribution in [0.25, 0.3) is 6.08 Å². The van der Waals surface area contributed by atoms with Gasteiger partial charge in [-0.15, -0.1) is 0 Å². The fourth-order valence-corrected chi connectivity index (χ4v) is 5.74. The molecule has 1 aliphatic heterocycles. The quantitative estimate of drug-likeness (QED) is 0.471. The molecule has 1 saturated heterocycles. The van der Waals surface area contributed by atoms with Crippen LogP contribution in [0.5, 0.6) is 0 Å². The number of carbonyl (C=O) groups is 1. The third-order valence-corrected chi connectivity index (χ3v) is 8.03. The van der Waals surface area contributed by atoms with Crippen molar-refractivity contribution in [1.29, 1.82) is 0 Å². The van der Waals surface area contributed by atoms with E-state index in [1.807, 2.05) is 36.4 Å². The molecule has 0 N–H and O–H groups in total. The molecule has 0 spiro atoms. The Morgan fingerprint density at radius 1 is 0.886 bits per heavy atom. The first-order valence-corrected chi connectivity index (χ1v) is 13.3. The molecule has 1 fully saturated rings. The Labute approximate surface area is 208 Å². The van der Waals surface area contributed by atoms with E-state index in [4.69, 9.17) is 0 Å². The van der Waals surface area contributed by atoms with Crippen LogP contribution in [-0.2, 0) is 10.0 Å². The molecule has 0 atom stereocenters. The van der Waals surface area contributed by atoms with E-state index in [-0.39, 0.29) is 10.8 Å². The summed E-state index contributed by atoms with van der Waals surface area (Å²) in [6.45, 7) is 5.71. The SMILES string of the molecule is CCN(c1ccccc1)S(=O)(=O)c1cccc(C(=O)N2CCN(C/C=C/c3ccccc3)CC2)c1. The molecule has 6 nitrogen and oxygen atoms in total. The Hall–Kier alpha value is -3.42. The zero-order valence-corrected chi connectivity index (χ0v) is 20.8. The topological polar surface area (TPSA) is 60.9 Å². The lowest BCUT2D eigenvalue weighted by molar-refractivity contribution is 0.0650. The van der Waals surface area contributed by atoms with Crippen LogP contribution in [-0.4, -0.2) is 63.4 Å². The predicted octanol–water partition coefficient (Wildman–Crippen LogP) is 4.37. The van der Waals surface area contributed by atoms with Crippen molar-refractivity contribution < 1.29 is 13.2 Å². The van der Waals surface area contributed by atoms with Crippen molar-refractivity contribution in [3.63, 3.8) is 0 Å². The van der Waals surface area contributed by atoms with Crippen molar-refractivity contribution in [2.24, 2.45) is 0 Å². The maximum absolute atomic E-state index is 13.3. The van der Waals surface area contributed by atoms with Gasteiger partial charge in [-0.25, -0.2) is 8.42 Å². The lowest BCUT2D eigenvalue weighted by Crippen LogP contribution is -2.48. The molecule has 7 heteroatoms. The van der Waals surface area contributed by atoms with Crippen molar-refractivity contribution >= 4 is 27.7 Å². The molecule has 0 aromatic heterocycles. The molecule has 4 rings (SSSR count). The van der Waals surface area contributed by atoms with E-state index in [0.717, 1.165) is 19.6 Å². The Morgan fingerprint density at radius 3 is 2.20 bits per heavy atom. The van der Waals surface area contributed by atoms with Gasteiger partial charge in [0, 0.05) is 44.8 Å². The third kappa shape index (κ3) is 5.99. The second kappa shape index (κ2) is 11.3. The number of para-hydroxylation sites is 1. The molecule has 35 heavy (non-hydrogen) atoms. The van der Waals surface area contributed by atoms with Gasteiger partial charge in [-0.2, -0.15) is 0 Å². The molecule has 0 saturated carbocycles. The van der Waals surface area contributed by atoms with Gasteiger partial charge in [0.2, 0.25) is 0 Å². The third-order valence-electron chi connectivity index (χ3n) is 6.13. The van der Waals surface area contributed by atoms with Crippen LogP contribution in [0.15, 0.2) is 95.9 Å². The molecule has 0 aliphatic carbocycles. The van der Waals surface area contributed by atoms with E-state index in [9.17, 15) is 13.2 Å². The zero-order chi connectivity index (χ0) is 24.7. The van der Waals surface area contributed by atoms with E-state index in [1.54, 1.807) is 42.2 Å². The second-order valence-electron chi connectivity index (χ2n) is 8.44. The Kier molecular flexibility index (Phi) is 8.00. The molecule has 0 radical (unpaired) electrons. The van der Waals surface area contributed by atoms with Crippen molar-refractivity contribution in [3.05, 3.63) is 102 Å². The fourth-order valence-electron chi connectivity index (χ4n) is 4.22. The molecule has 1 aliphatic rings. The number of carbonyl (C=O) groups excluding carboxylic acids is 1. The van der Waals surface area contributed by atoms with Gasteiger partial charge in [-0.05, 0) is 42.8 Å². The minimum atomic E-state index is -3.79. The molecule has 3 aromatic carbocycles. The summed E-state index contributed by atoms with van der Waals surface area (Å²) in [7, 11) is -3.79. The van der Waals surface area contributed by atoms with E-state index in [1.165, 1.54) is 15.9 Å². The molecule has 1 amide bonds. The van der Waals surface area contributed by atoms with Crippen molar-refractivity contribution in [3.8, 4) is 0 Å². The number of rotatable bonds is 8. The average Bonchev–Trinajstić information content (AvgIpc) is 2.90. The van der Waals surface area contributed by atoms with Gasteiger partial charge < -0.3 is 4.90 Å². The molecule has 0 bridgehead atoms. The summed E-state index contributed by atoms with van der Waals surface area (Å²) in [6, 6.07) is 25.6. The number of anilines is 1. The van der Waals surface area contributed by atoms with Gasteiger partial charge in [0.25, 0.3) is 15.9 Å². The van der Waals surface area contributed by atoms with Crippen LogP contribution in [0.4, 0.5) is 5.69 Å². The maximum atomic E-state index is 13.3. The lowest BCUT2D eigenvalue weighted by atomic mass is 10.1. The summed E-state index contributed by atoms with van der Waals surface area (Å²) in [6.07, 6.45) is 4.26. The predicted molar refractivity (Wildman–Crippen MR) is 141 cm³/mol. The first-order chi connectivity index (χ1) is 17.0. The van der Waals surface area contributed by atoms with Crippen LogP contribution >= 0.6 is 0 Å². The minimum absolute atomic E-state index is 0.124. The van der Waals surface area contributed by atoms with E-state index >= 15 is 0 Å². The van der Waals surface area contributed by atoms with Crippen molar-refractivity contribution in [2.75, 3.05) is 43.6 Å². The molecule has 3 aromatic rings. The highest BCUT2D eigenvalue weighted by molar-refractivity contribution is 7.92. The molecular formula is C28H31N3O3S. The molecule has 1 heterocycles. The number of benzene rings is 3. The number of sulfonamides is 1. The number of piperazine rings is 1. The van der Waals surface area contributed by atoms with Crippen LogP contribution < -0.4 is 4.31 Å². The monoisotopic (exact) mass is 489 g/mol. The van der Waals surface area contributed by atoms with Crippen LogP contribution in [0.1, 0.15) is 22.8 Å². The summed E-state index contributed by atoms with van der Waals surface area (Å²) in [5.41, 5.74) is 2.17. The second-order valence-corrected chi connectivity index (χ2v) is 10.3. The molecular weight excluding hydrogens is 458 g/mol. The Bertz CT molecular complexity index is 1250. The normalized spacial score (nSPS) is 14.8. The van der Waals surface area contributed by atoms with Gasteiger partial charge in [-0.3, -0.25) is 14.0 Å². The van der Waals surface area contributed by atoms with E-state index < -0.39 is 10.0 Å². The summed E-state index contributed by atoms with van der Waals surface area (Å²) in [5, 5.41) is 0. The zero-order valence-electron chi connectivity index (χ0n) is 20.0. The number of hydrogen-bond acceptors (Lipinski definition) is 4. The summed E-state index contributed by atoms with van der Waals surface area (Å²) in [4.78, 5) is 17.4. The van der Waals surface area contributed by atoms with Crippen LogP contribution in [0, 0.1) is 0 Å². The lowest BCUT2D eigenvalue weighted by Gasteiger charge is -2.34. The highest BCUT2D eigenvalue weighted by Crippen LogP contribution is 2.24. The first-order valence-electron chi connectivity index (χ1n) is 11.9. The average molecular weight is 490 g/mol. The molecule has 182 valence electrons. The van der Waals surface area contributed by atoms with Gasteiger partial charge in [0.05, 0.1) is 10.6 Å². The first kappa shape index (κ1) is 24.7. The highest BCUT2D eigenvalue weighted by atomic mass is 32.2. The number of amides is 1. The minimum Gasteiger partial charge on any atom is -0.336 e. The Balaban J connectivity index is 1.40. The standard InChI is InChI=1S/C28H31N3O3S/c1-2-31(26-15-7-4-8-16-26)35(33,34)27-17-9-14-25(23-27)28(32)30-21-19-29(20-22-30)18-10-13-24-11-5-3-6-12-24/h3-17,23H,2,18-22H2,1H3/b13-10+. The summed E-state index contributed by atoms with van der Waals surface area (Å²) >= 11 is 0. The van der Waals surface area contributed by atoms with E-state index in [2.05, 4.69) is 29.2 Å². The highest BCUT2D eigenvalue weighted by Gasteiger charge is 2.26. The summed E-state index contributed by atoms with van der Waals surface area (Å²) < 4.78 is 28.1. The number of nitrogens with zero attached hydrogens (tertiary/aromatic N) is 3. The number of hydrogen-bond donors (Lipinski definition) is 0. The van der Waals surface area contributed by atoms with Crippen molar-refractivity contribution in [1.82, 2.24) is 9.80 Å². The maximum Gasteiger partial charge on any atom is 0.264 e. The fraction of sp³-hybridized carbons (Fsp3) is 0.250. The van der Waals surface area contributed by atoms with Gasteiger partial charge in [-0.1, -0.05) is 66.7 Å². The van der Waals surface area contributed by atoms with Crippen LogP contribution in [0.3, 0.4) is 0 Å². The smallest absolute Gasteiger partial charge is 0.264 e. The van der Waals surface area contributed by atoms with Gasteiger partial charge in [0.1, 0.15) is 0 Å². The molecule has 0 unspecified atom stereocenters. The largest absolute Gasteiger partial charge is 0.336 e. The van der Waals surface area contributed by atoms with Crippen molar-refractivity contribution in [2.45, 2.75) is 11.8 Å². The Morgan fingerprint density at radius 2 is 1.54 bits per heavy atom. The van der Waals surface area contributed by atoms with E-state index in [0.29, 0.717) is 30.9 Å². The van der Waals surface area contributed by atoms with Crippen LogP contribution in [0.2, 0.25) is 0 Å².